The topological polar surface area (TPSA) is 69.6 Å². The Morgan fingerprint density at radius 1 is 1.24 bits per heavy atom. The molecule has 1 amide bonds. The second-order valence-electron chi connectivity index (χ2n) is 4.30. The molecule has 0 aliphatic carbocycles. The number of carbonyl (C=O) groups is 1. The van der Waals surface area contributed by atoms with Crippen molar-refractivity contribution in [2.45, 2.75) is 26.9 Å². The molecule has 0 aliphatic heterocycles. The van der Waals surface area contributed by atoms with E-state index in [-0.39, 0.29) is 19.1 Å². The van der Waals surface area contributed by atoms with Crippen LogP contribution in [0.1, 0.15) is 27.0 Å². The van der Waals surface area contributed by atoms with Crippen LogP contribution in [0.5, 0.6) is 0 Å². The van der Waals surface area contributed by atoms with Gasteiger partial charge in [-0.05, 0) is 43.5 Å². The lowest BCUT2D eigenvalue weighted by molar-refractivity contribution is 0.0801. The highest BCUT2D eigenvalue weighted by atomic mass is 16.3. The maximum atomic E-state index is 11.8. The molecule has 0 radical (unpaired) electrons. The molecule has 0 fully saturated rings. The molecule has 0 heterocycles. The van der Waals surface area contributed by atoms with E-state index in [0.29, 0.717) is 5.56 Å². The molecule has 1 aromatic carbocycles. The largest absolute Gasteiger partial charge is 0.394 e. The summed E-state index contributed by atoms with van der Waals surface area (Å²) in [6.45, 7) is 5.53. The van der Waals surface area contributed by atoms with Gasteiger partial charge < -0.3 is 15.5 Å². The first-order chi connectivity index (χ1) is 7.95. The van der Waals surface area contributed by atoms with Crippen molar-refractivity contribution in [3.63, 3.8) is 0 Å². The molecule has 0 saturated heterocycles. The number of carbonyl (C=O) groups excluding carboxylic acids is 1. The molecule has 0 aliphatic rings. The summed E-state index contributed by atoms with van der Waals surface area (Å²) in [5, 5.41) is 20.4. The molecule has 4 nitrogen and oxygen atoms in total. The summed E-state index contributed by atoms with van der Waals surface area (Å²) in [5.41, 5.74) is 3.72. The highest BCUT2D eigenvalue weighted by Crippen LogP contribution is 2.15. The van der Waals surface area contributed by atoms with Crippen LogP contribution < -0.4 is 5.32 Å². The normalized spacial score (nSPS) is 12.3. The maximum absolute atomic E-state index is 11.8. The average molecular weight is 237 g/mol. The summed E-state index contributed by atoms with van der Waals surface area (Å²) in [5.74, 6) is -0.224. The summed E-state index contributed by atoms with van der Waals surface area (Å²) in [4.78, 5) is 11.8. The molecule has 0 saturated carbocycles. The van der Waals surface area contributed by atoms with E-state index < -0.39 is 6.10 Å². The summed E-state index contributed by atoms with van der Waals surface area (Å²) in [7, 11) is 0. The Morgan fingerprint density at radius 2 is 1.82 bits per heavy atom. The van der Waals surface area contributed by atoms with Crippen molar-refractivity contribution >= 4 is 5.91 Å². The Bertz CT molecular complexity index is 415. The minimum atomic E-state index is -0.911. The standard InChI is InChI=1S/C13H19NO3/c1-8-4-10(3)12(5-9(8)2)13(17)14-6-11(16)7-15/h4-5,11,15-16H,6-7H2,1-3H3,(H,14,17). The van der Waals surface area contributed by atoms with Gasteiger partial charge in [0.25, 0.3) is 5.91 Å². The molecule has 1 aromatic rings. The van der Waals surface area contributed by atoms with Crippen LogP contribution in [0.3, 0.4) is 0 Å². The number of rotatable bonds is 4. The predicted molar refractivity (Wildman–Crippen MR) is 66.1 cm³/mol. The Kier molecular flexibility index (Phi) is 4.66. The van der Waals surface area contributed by atoms with Gasteiger partial charge in [-0.3, -0.25) is 4.79 Å². The fourth-order valence-corrected chi connectivity index (χ4v) is 1.58. The van der Waals surface area contributed by atoms with Crippen LogP contribution in [0.25, 0.3) is 0 Å². The number of aliphatic hydroxyl groups is 2. The molecule has 1 atom stereocenters. The monoisotopic (exact) mass is 237 g/mol. The Labute approximate surface area is 101 Å². The van der Waals surface area contributed by atoms with Crippen LogP contribution in [0, 0.1) is 20.8 Å². The van der Waals surface area contributed by atoms with Crippen molar-refractivity contribution in [3.8, 4) is 0 Å². The van der Waals surface area contributed by atoms with Gasteiger partial charge in [0.2, 0.25) is 0 Å². The van der Waals surface area contributed by atoms with Crippen molar-refractivity contribution in [1.82, 2.24) is 5.32 Å². The third-order valence-corrected chi connectivity index (χ3v) is 2.79. The van der Waals surface area contributed by atoms with E-state index in [1.807, 2.05) is 32.9 Å². The molecule has 1 rings (SSSR count). The zero-order valence-corrected chi connectivity index (χ0v) is 10.4. The number of amides is 1. The maximum Gasteiger partial charge on any atom is 0.251 e. The number of aryl methyl sites for hydroxylation is 3. The average Bonchev–Trinajstić information content (AvgIpc) is 2.30. The first-order valence-electron chi connectivity index (χ1n) is 5.60. The van der Waals surface area contributed by atoms with Crippen LogP contribution >= 0.6 is 0 Å². The number of hydrogen-bond donors (Lipinski definition) is 3. The van der Waals surface area contributed by atoms with Gasteiger partial charge in [-0.15, -0.1) is 0 Å². The van der Waals surface area contributed by atoms with Gasteiger partial charge in [-0.2, -0.15) is 0 Å². The molecule has 94 valence electrons. The molecule has 1 unspecified atom stereocenters. The zero-order chi connectivity index (χ0) is 13.0. The van der Waals surface area contributed by atoms with Gasteiger partial charge in [-0.25, -0.2) is 0 Å². The second kappa shape index (κ2) is 5.80. The predicted octanol–water partition coefficient (Wildman–Crippen LogP) is 0.695. The van der Waals surface area contributed by atoms with Gasteiger partial charge in [0.05, 0.1) is 12.7 Å². The minimum absolute atomic E-state index is 0.0572. The molecular formula is C13H19NO3. The van der Waals surface area contributed by atoms with Crippen LogP contribution in [0.2, 0.25) is 0 Å². The third kappa shape index (κ3) is 3.54. The third-order valence-electron chi connectivity index (χ3n) is 2.79. The number of nitrogens with one attached hydrogen (secondary N) is 1. The van der Waals surface area contributed by atoms with Gasteiger partial charge in [0.1, 0.15) is 0 Å². The molecular weight excluding hydrogens is 218 g/mol. The molecule has 0 aromatic heterocycles. The van der Waals surface area contributed by atoms with E-state index in [4.69, 9.17) is 10.2 Å². The fourth-order valence-electron chi connectivity index (χ4n) is 1.58. The van der Waals surface area contributed by atoms with Crippen molar-refractivity contribution in [2.24, 2.45) is 0 Å². The molecule has 0 bridgehead atoms. The lowest BCUT2D eigenvalue weighted by Gasteiger charge is -2.12. The van der Waals surface area contributed by atoms with Crippen LogP contribution in [0.15, 0.2) is 12.1 Å². The Morgan fingerprint density at radius 3 is 2.41 bits per heavy atom. The van der Waals surface area contributed by atoms with Gasteiger partial charge in [-0.1, -0.05) is 6.07 Å². The summed E-state index contributed by atoms with van der Waals surface area (Å²) >= 11 is 0. The second-order valence-corrected chi connectivity index (χ2v) is 4.30. The van der Waals surface area contributed by atoms with E-state index in [9.17, 15) is 4.79 Å². The van der Waals surface area contributed by atoms with E-state index in [1.54, 1.807) is 0 Å². The van der Waals surface area contributed by atoms with E-state index >= 15 is 0 Å². The lowest BCUT2D eigenvalue weighted by Crippen LogP contribution is -2.34. The quantitative estimate of drug-likeness (QED) is 0.722. The van der Waals surface area contributed by atoms with E-state index in [0.717, 1.165) is 16.7 Å². The first kappa shape index (κ1) is 13.7. The highest BCUT2D eigenvalue weighted by Gasteiger charge is 2.11. The van der Waals surface area contributed by atoms with Crippen LogP contribution in [-0.2, 0) is 0 Å². The van der Waals surface area contributed by atoms with Crippen LogP contribution in [0.4, 0.5) is 0 Å². The molecule has 3 N–H and O–H groups in total. The van der Waals surface area contributed by atoms with E-state index in [2.05, 4.69) is 5.32 Å². The minimum Gasteiger partial charge on any atom is -0.394 e. The highest BCUT2D eigenvalue weighted by molar-refractivity contribution is 5.95. The van der Waals surface area contributed by atoms with E-state index in [1.165, 1.54) is 0 Å². The number of hydrogen-bond acceptors (Lipinski definition) is 3. The van der Waals surface area contributed by atoms with Gasteiger partial charge in [0, 0.05) is 12.1 Å². The number of benzene rings is 1. The Balaban J connectivity index is 2.79. The lowest BCUT2D eigenvalue weighted by atomic mass is 10.0. The van der Waals surface area contributed by atoms with Crippen molar-refractivity contribution in [1.29, 1.82) is 0 Å². The van der Waals surface area contributed by atoms with Crippen molar-refractivity contribution in [2.75, 3.05) is 13.2 Å². The van der Waals surface area contributed by atoms with Crippen molar-refractivity contribution < 1.29 is 15.0 Å². The number of aliphatic hydroxyl groups excluding tert-OH is 2. The summed E-state index contributed by atoms with van der Waals surface area (Å²) in [6.07, 6.45) is -0.911. The summed E-state index contributed by atoms with van der Waals surface area (Å²) < 4.78 is 0. The smallest absolute Gasteiger partial charge is 0.251 e. The SMILES string of the molecule is Cc1cc(C)c(C(=O)NCC(O)CO)cc1C. The molecule has 17 heavy (non-hydrogen) atoms. The fraction of sp³-hybridized carbons (Fsp3) is 0.462. The van der Waals surface area contributed by atoms with Crippen molar-refractivity contribution in [3.05, 3.63) is 34.4 Å². The van der Waals surface area contributed by atoms with Gasteiger partial charge >= 0.3 is 0 Å². The van der Waals surface area contributed by atoms with Gasteiger partial charge in [0.15, 0.2) is 0 Å². The van der Waals surface area contributed by atoms with Crippen LogP contribution in [-0.4, -0.2) is 35.4 Å². The summed E-state index contributed by atoms with van der Waals surface area (Å²) in [6, 6.07) is 3.80. The first-order valence-corrected chi connectivity index (χ1v) is 5.60. The zero-order valence-electron chi connectivity index (χ0n) is 10.4. The Hall–Kier alpha value is -1.39. The molecule has 4 heteroatoms. The molecule has 0 spiro atoms.